The molecule has 82 valence electrons. The number of aliphatic hydroxyl groups is 1. The molecule has 1 aromatic heterocycles. The van der Waals surface area contributed by atoms with Gasteiger partial charge in [0.05, 0.1) is 5.69 Å². The molecule has 0 radical (unpaired) electrons. The molecule has 2 nitrogen and oxygen atoms in total. The van der Waals surface area contributed by atoms with Gasteiger partial charge in [0.2, 0.25) is 0 Å². The van der Waals surface area contributed by atoms with Crippen LogP contribution >= 0.6 is 0 Å². The van der Waals surface area contributed by atoms with Crippen LogP contribution in [0.4, 0.5) is 0 Å². The summed E-state index contributed by atoms with van der Waals surface area (Å²) in [7, 11) is 0. The Labute approximate surface area is 95.6 Å². The average molecular weight is 213 g/mol. The van der Waals surface area contributed by atoms with Crippen LogP contribution in [-0.4, -0.2) is 10.1 Å². The van der Waals surface area contributed by atoms with E-state index in [1.54, 1.807) is 6.20 Å². The highest BCUT2D eigenvalue weighted by Crippen LogP contribution is 2.30. The Bertz CT molecular complexity index is 399. The maximum Gasteiger partial charge on any atom is 0.131 e. The maximum atomic E-state index is 10.7. The van der Waals surface area contributed by atoms with Crippen LogP contribution in [0.25, 0.3) is 0 Å². The van der Waals surface area contributed by atoms with E-state index in [-0.39, 0.29) is 0 Å². The van der Waals surface area contributed by atoms with E-state index in [1.165, 1.54) is 0 Å². The summed E-state index contributed by atoms with van der Waals surface area (Å²) in [4.78, 5) is 4.25. The smallest absolute Gasteiger partial charge is 0.131 e. The first-order valence-electron chi connectivity index (χ1n) is 5.47. The summed E-state index contributed by atoms with van der Waals surface area (Å²) in [6.45, 7) is 1.96. The molecule has 0 spiro atoms. The number of hydrogen-bond donors (Lipinski definition) is 1. The molecule has 0 saturated carbocycles. The van der Waals surface area contributed by atoms with E-state index in [1.807, 2.05) is 55.5 Å². The van der Waals surface area contributed by atoms with Crippen molar-refractivity contribution in [1.82, 2.24) is 4.98 Å². The van der Waals surface area contributed by atoms with Crippen molar-refractivity contribution in [2.45, 2.75) is 18.9 Å². The zero-order valence-corrected chi connectivity index (χ0v) is 9.30. The highest BCUT2D eigenvalue weighted by atomic mass is 16.3. The first kappa shape index (κ1) is 10.8. The zero-order chi connectivity index (χ0) is 11.4. The molecule has 2 aromatic rings. The second-order valence-corrected chi connectivity index (χ2v) is 3.79. The molecule has 2 heteroatoms. The van der Waals surface area contributed by atoms with Crippen LogP contribution in [0.5, 0.6) is 0 Å². The van der Waals surface area contributed by atoms with Gasteiger partial charge in [-0.05, 0) is 24.1 Å². The molecule has 1 unspecified atom stereocenters. The summed E-state index contributed by atoms with van der Waals surface area (Å²) in [6.07, 6.45) is 2.31. The van der Waals surface area contributed by atoms with Crippen LogP contribution in [0.1, 0.15) is 24.6 Å². The fraction of sp³-hybridized carbons (Fsp3) is 0.214. The Balaban J connectivity index is 2.49. The Morgan fingerprint density at radius 1 is 1.06 bits per heavy atom. The summed E-state index contributed by atoms with van der Waals surface area (Å²) >= 11 is 0. The predicted molar refractivity (Wildman–Crippen MR) is 64.0 cm³/mol. The zero-order valence-electron chi connectivity index (χ0n) is 9.30. The molecule has 2 rings (SSSR count). The van der Waals surface area contributed by atoms with Gasteiger partial charge in [-0.15, -0.1) is 0 Å². The Morgan fingerprint density at radius 2 is 1.75 bits per heavy atom. The van der Waals surface area contributed by atoms with Crippen LogP contribution < -0.4 is 0 Å². The monoisotopic (exact) mass is 213 g/mol. The Kier molecular flexibility index (Phi) is 3.02. The number of aromatic nitrogens is 1. The standard InChI is InChI=1S/C14H15NO/c1-2-14(16,12-8-4-3-5-9-12)13-10-6-7-11-15-13/h3-11,16H,2H2,1H3. The molecule has 0 bridgehead atoms. The Morgan fingerprint density at radius 3 is 2.31 bits per heavy atom. The van der Waals surface area contributed by atoms with Gasteiger partial charge in [-0.3, -0.25) is 4.98 Å². The molecular weight excluding hydrogens is 198 g/mol. The molecule has 0 aliphatic carbocycles. The molecule has 1 atom stereocenters. The molecule has 0 fully saturated rings. The van der Waals surface area contributed by atoms with E-state index in [4.69, 9.17) is 0 Å². The van der Waals surface area contributed by atoms with E-state index in [0.29, 0.717) is 12.1 Å². The third kappa shape index (κ3) is 1.84. The number of benzene rings is 1. The minimum absolute atomic E-state index is 0.605. The quantitative estimate of drug-likeness (QED) is 0.850. The molecule has 0 aliphatic heterocycles. The molecule has 0 amide bonds. The molecule has 0 saturated heterocycles. The lowest BCUT2D eigenvalue weighted by Crippen LogP contribution is -2.27. The van der Waals surface area contributed by atoms with E-state index in [9.17, 15) is 5.11 Å². The number of pyridine rings is 1. The van der Waals surface area contributed by atoms with Crippen molar-refractivity contribution >= 4 is 0 Å². The van der Waals surface area contributed by atoms with Crippen molar-refractivity contribution in [3.05, 3.63) is 66.0 Å². The summed E-state index contributed by atoms with van der Waals surface area (Å²) in [5, 5.41) is 10.7. The predicted octanol–water partition coefficient (Wildman–Crippen LogP) is 2.73. The molecular formula is C14H15NO. The van der Waals surface area contributed by atoms with Gasteiger partial charge in [0.25, 0.3) is 0 Å². The topological polar surface area (TPSA) is 33.1 Å². The third-order valence-corrected chi connectivity index (χ3v) is 2.85. The van der Waals surface area contributed by atoms with Crippen LogP contribution in [0.15, 0.2) is 54.7 Å². The van der Waals surface area contributed by atoms with E-state index in [0.717, 1.165) is 5.56 Å². The van der Waals surface area contributed by atoms with Gasteiger partial charge in [-0.2, -0.15) is 0 Å². The van der Waals surface area contributed by atoms with Gasteiger partial charge in [0.1, 0.15) is 5.60 Å². The fourth-order valence-corrected chi connectivity index (χ4v) is 1.85. The molecule has 0 aliphatic rings. The molecule has 1 aromatic carbocycles. The minimum atomic E-state index is -0.984. The van der Waals surface area contributed by atoms with E-state index < -0.39 is 5.60 Å². The van der Waals surface area contributed by atoms with E-state index >= 15 is 0 Å². The van der Waals surface area contributed by atoms with Crippen LogP contribution in [-0.2, 0) is 5.60 Å². The maximum absolute atomic E-state index is 10.7. The van der Waals surface area contributed by atoms with Gasteiger partial charge < -0.3 is 5.11 Å². The van der Waals surface area contributed by atoms with Crippen molar-refractivity contribution in [3.8, 4) is 0 Å². The lowest BCUT2D eigenvalue weighted by atomic mass is 9.87. The van der Waals surface area contributed by atoms with Gasteiger partial charge in [0, 0.05) is 6.20 Å². The minimum Gasteiger partial charge on any atom is -0.379 e. The lowest BCUT2D eigenvalue weighted by molar-refractivity contribution is 0.0719. The van der Waals surface area contributed by atoms with Crippen LogP contribution in [0.2, 0.25) is 0 Å². The Hall–Kier alpha value is -1.67. The van der Waals surface area contributed by atoms with Crippen molar-refractivity contribution in [2.24, 2.45) is 0 Å². The van der Waals surface area contributed by atoms with Gasteiger partial charge in [-0.25, -0.2) is 0 Å². The van der Waals surface area contributed by atoms with Gasteiger partial charge in [0.15, 0.2) is 0 Å². The molecule has 1 N–H and O–H groups in total. The molecule has 1 heterocycles. The SMILES string of the molecule is CCC(O)(c1ccccc1)c1ccccn1. The van der Waals surface area contributed by atoms with E-state index in [2.05, 4.69) is 4.98 Å². The number of hydrogen-bond acceptors (Lipinski definition) is 2. The largest absolute Gasteiger partial charge is 0.379 e. The summed E-state index contributed by atoms with van der Waals surface area (Å²) in [5.41, 5.74) is 0.600. The summed E-state index contributed by atoms with van der Waals surface area (Å²) in [6, 6.07) is 15.3. The lowest BCUT2D eigenvalue weighted by Gasteiger charge is -2.26. The second kappa shape index (κ2) is 4.45. The number of rotatable bonds is 3. The van der Waals surface area contributed by atoms with Crippen LogP contribution in [0, 0.1) is 0 Å². The first-order valence-corrected chi connectivity index (χ1v) is 5.47. The summed E-state index contributed by atoms with van der Waals surface area (Å²) < 4.78 is 0. The second-order valence-electron chi connectivity index (χ2n) is 3.79. The van der Waals surface area contributed by atoms with Crippen molar-refractivity contribution in [2.75, 3.05) is 0 Å². The molecule has 16 heavy (non-hydrogen) atoms. The third-order valence-electron chi connectivity index (χ3n) is 2.85. The average Bonchev–Trinajstić information content (AvgIpc) is 2.40. The van der Waals surface area contributed by atoms with Gasteiger partial charge >= 0.3 is 0 Å². The van der Waals surface area contributed by atoms with Crippen molar-refractivity contribution in [3.63, 3.8) is 0 Å². The summed E-state index contributed by atoms with van der Waals surface area (Å²) in [5.74, 6) is 0. The van der Waals surface area contributed by atoms with Crippen LogP contribution in [0.3, 0.4) is 0 Å². The van der Waals surface area contributed by atoms with Crippen molar-refractivity contribution < 1.29 is 5.11 Å². The fourth-order valence-electron chi connectivity index (χ4n) is 1.85. The first-order chi connectivity index (χ1) is 7.77. The van der Waals surface area contributed by atoms with Gasteiger partial charge in [-0.1, -0.05) is 43.3 Å². The number of nitrogens with zero attached hydrogens (tertiary/aromatic N) is 1. The highest BCUT2D eigenvalue weighted by molar-refractivity contribution is 5.31. The van der Waals surface area contributed by atoms with Crippen molar-refractivity contribution in [1.29, 1.82) is 0 Å². The normalized spacial score (nSPS) is 14.4. The highest BCUT2D eigenvalue weighted by Gasteiger charge is 2.30.